The van der Waals surface area contributed by atoms with Gasteiger partial charge in [0.2, 0.25) is 0 Å². The van der Waals surface area contributed by atoms with E-state index in [2.05, 4.69) is 102 Å². The van der Waals surface area contributed by atoms with Gasteiger partial charge in [-0.2, -0.15) is 0 Å². The predicted molar refractivity (Wildman–Crippen MR) is 133 cm³/mol. The molecule has 0 radical (unpaired) electrons. The lowest BCUT2D eigenvalue weighted by Gasteiger charge is -2.24. The van der Waals surface area contributed by atoms with Crippen LogP contribution in [-0.4, -0.2) is 12.3 Å². The fraction of sp³-hybridized carbons (Fsp3) is 0.0357. The van der Waals surface area contributed by atoms with E-state index in [4.69, 9.17) is 0 Å². The molecule has 0 aliphatic rings. The van der Waals surface area contributed by atoms with E-state index < -0.39 is 7.26 Å². The van der Waals surface area contributed by atoms with Crippen molar-refractivity contribution in [3.63, 3.8) is 0 Å². The van der Waals surface area contributed by atoms with E-state index >= 15 is 0 Å². The lowest BCUT2D eigenvalue weighted by atomic mass is 10.1. The van der Waals surface area contributed by atoms with E-state index in [1.54, 1.807) is 0 Å². The maximum absolute atomic E-state index is 12.5. The molecule has 0 aliphatic heterocycles. The normalized spacial score (nSPS) is 11.4. The van der Waals surface area contributed by atoms with Crippen molar-refractivity contribution < 1.29 is 4.79 Å². The molecule has 0 heterocycles. The number of carbonyl (C=O) groups excluding carboxylic acids is 1. The smallest absolute Gasteiger partial charge is 0.181 e. The summed E-state index contributed by atoms with van der Waals surface area (Å²) in [5, 5.41) is 7.08. The quantitative estimate of drug-likeness (QED) is 0.322. The van der Waals surface area contributed by atoms with Crippen LogP contribution in [0.25, 0.3) is 0 Å². The maximum Gasteiger partial charge on any atom is 0.181 e. The Morgan fingerprint density at radius 1 is 0.613 bits per heavy atom. The molecule has 2 nitrogen and oxygen atoms in total. The zero-order chi connectivity index (χ0) is 21.4. The number of hydrogen-bond acceptors (Lipinski definition) is 2. The van der Waals surface area contributed by atoms with Gasteiger partial charge in [0.25, 0.3) is 0 Å². The zero-order valence-electron chi connectivity index (χ0n) is 17.3. The van der Waals surface area contributed by atoms with Gasteiger partial charge in [-0.3, -0.25) is 4.79 Å². The summed E-state index contributed by atoms with van der Waals surface area (Å²) in [6, 6.07) is 41.3. The fourth-order valence-electron chi connectivity index (χ4n) is 3.74. The van der Waals surface area contributed by atoms with E-state index in [9.17, 15) is 4.79 Å². The summed E-state index contributed by atoms with van der Waals surface area (Å²) < 4.78 is 0. The van der Waals surface area contributed by atoms with E-state index in [0.29, 0.717) is 0 Å². The highest BCUT2D eigenvalue weighted by atomic mass is 31.2. The number of carbonyl (C=O) groups is 1. The first-order chi connectivity index (χ1) is 15.3. The van der Waals surface area contributed by atoms with Gasteiger partial charge in [-0.15, -0.1) is 0 Å². The van der Waals surface area contributed by atoms with Gasteiger partial charge in [-0.25, -0.2) is 0 Å². The van der Waals surface area contributed by atoms with Crippen LogP contribution in [0.1, 0.15) is 10.4 Å². The molecule has 0 bridgehead atoms. The summed E-state index contributed by atoms with van der Waals surface area (Å²) in [6.45, 7) is 0.263. The van der Waals surface area contributed by atoms with Crippen molar-refractivity contribution in [2.45, 2.75) is 0 Å². The summed E-state index contributed by atoms with van der Waals surface area (Å²) in [6.07, 6.45) is 1.96. The van der Waals surface area contributed by atoms with E-state index in [1.165, 1.54) is 15.9 Å². The molecule has 4 aromatic rings. The Hall–Kier alpha value is -3.48. The van der Waals surface area contributed by atoms with E-state index in [-0.39, 0.29) is 12.3 Å². The molecule has 31 heavy (non-hydrogen) atoms. The first kappa shape index (κ1) is 20.8. The van der Waals surface area contributed by atoms with Crippen LogP contribution in [0.15, 0.2) is 133 Å². The molecule has 0 aromatic heterocycles. The topological polar surface area (TPSA) is 29.1 Å². The number of nitrogens with one attached hydrogen (secondary N) is 1. The third kappa shape index (κ3) is 4.66. The Balaban J connectivity index is 1.72. The minimum Gasteiger partial charge on any atom is -0.381 e. The van der Waals surface area contributed by atoms with Crippen molar-refractivity contribution in [3.8, 4) is 0 Å². The van der Waals surface area contributed by atoms with Gasteiger partial charge in [0.1, 0.15) is 23.2 Å². The van der Waals surface area contributed by atoms with E-state index in [1.807, 2.05) is 36.5 Å². The Bertz CT molecular complexity index is 1030. The van der Waals surface area contributed by atoms with Gasteiger partial charge in [0.05, 0.1) is 12.4 Å². The predicted octanol–water partition coefficient (Wildman–Crippen LogP) is 4.92. The Labute approximate surface area is 184 Å². The third-order valence-corrected chi connectivity index (χ3v) is 9.20. The third-order valence-electron chi connectivity index (χ3n) is 5.26. The first-order valence-electron chi connectivity index (χ1n) is 10.4. The molecule has 0 saturated carbocycles. The van der Waals surface area contributed by atoms with Crippen LogP contribution in [0, 0.1) is 0 Å². The number of benzene rings is 4. The van der Waals surface area contributed by atoms with Crippen LogP contribution in [0.3, 0.4) is 0 Å². The summed E-state index contributed by atoms with van der Waals surface area (Å²) in [7, 11) is -2.04. The Morgan fingerprint density at radius 3 is 1.42 bits per heavy atom. The molecule has 0 aliphatic carbocycles. The molecule has 4 aromatic carbocycles. The zero-order valence-corrected chi connectivity index (χ0v) is 18.2. The Kier molecular flexibility index (Phi) is 6.72. The summed E-state index contributed by atoms with van der Waals surface area (Å²) in [4.78, 5) is 12.5. The van der Waals surface area contributed by atoms with Gasteiger partial charge in [0, 0.05) is 11.8 Å². The lowest BCUT2D eigenvalue weighted by Crippen LogP contribution is -2.30. The molecule has 4 rings (SSSR count). The minimum absolute atomic E-state index is 0.0771. The van der Waals surface area contributed by atoms with Gasteiger partial charge >= 0.3 is 0 Å². The molecule has 3 heteroatoms. The van der Waals surface area contributed by atoms with Crippen molar-refractivity contribution in [2.24, 2.45) is 0 Å². The standard InChI is InChI=1S/C28H25NOP/c30-28(24-13-5-1-6-14-24)23-29-21-22-31(25-15-7-2-8-16-25,26-17-9-3-10-18-26)27-19-11-4-12-20-27/h1-22,29H,23H2/q+1. The monoisotopic (exact) mass is 422 g/mol. The van der Waals surface area contributed by atoms with Crippen molar-refractivity contribution in [3.05, 3.63) is 139 Å². The molecular formula is C28H25NOP+. The lowest BCUT2D eigenvalue weighted by molar-refractivity contribution is 0.0995. The van der Waals surface area contributed by atoms with Crippen molar-refractivity contribution in [1.29, 1.82) is 0 Å². The molecule has 0 spiro atoms. The fourth-order valence-corrected chi connectivity index (χ4v) is 7.40. The van der Waals surface area contributed by atoms with Crippen molar-refractivity contribution >= 4 is 29.0 Å². The van der Waals surface area contributed by atoms with Crippen LogP contribution >= 0.6 is 7.26 Å². The number of ketones is 1. The molecular weight excluding hydrogens is 397 g/mol. The second-order valence-corrected chi connectivity index (χ2v) is 10.5. The van der Waals surface area contributed by atoms with Gasteiger partial charge in [-0.05, 0) is 36.4 Å². The van der Waals surface area contributed by atoms with Gasteiger partial charge < -0.3 is 5.32 Å². The average molecular weight is 422 g/mol. The summed E-state index contributed by atoms with van der Waals surface area (Å²) >= 11 is 0. The molecule has 152 valence electrons. The van der Waals surface area contributed by atoms with Gasteiger partial charge in [-0.1, -0.05) is 84.9 Å². The second kappa shape index (κ2) is 10.0. The minimum atomic E-state index is -2.04. The van der Waals surface area contributed by atoms with E-state index in [0.717, 1.165) is 5.56 Å². The highest BCUT2D eigenvalue weighted by Gasteiger charge is 2.43. The number of rotatable bonds is 8. The SMILES string of the molecule is O=C(CNC=C[P+](c1ccccc1)(c1ccccc1)c1ccccc1)c1ccccc1. The van der Waals surface area contributed by atoms with Crippen LogP contribution in [0.2, 0.25) is 0 Å². The van der Waals surface area contributed by atoms with Crippen molar-refractivity contribution in [2.75, 3.05) is 6.54 Å². The Morgan fingerprint density at radius 2 is 1.00 bits per heavy atom. The molecule has 0 fully saturated rings. The summed E-state index contributed by atoms with van der Waals surface area (Å²) in [5.41, 5.74) is 0.721. The number of Topliss-reactive ketones (excluding diaryl/α,β-unsaturated/α-hetero) is 1. The average Bonchev–Trinajstić information content (AvgIpc) is 2.86. The van der Waals surface area contributed by atoms with Crippen molar-refractivity contribution in [1.82, 2.24) is 5.32 Å². The van der Waals surface area contributed by atoms with Crippen LogP contribution in [-0.2, 0) is 0 Å². The molecule has 1 N–H and O–H groups in total. The highest BCUT2D eigenvalue weighted by Crippen LogP contribution is 2.56. The molecule has 0 unspecified atom stereocenters. The first-order valence-corrected chi connectivity index (χ1v) is 12.2. The molecule has 0 saturated heterocycles. The van der Waals surface area contributed by atoms with Crippen LogP contribution < -0.4 is 21.2 Å². The second-order valence-electron chi connectivity index (χ2n) is 7.22. The largest absolute Gasteiger partial charge is 0.381 e. The molecule has 0 atom stereocenters. The van der Waals surface area contributed by atoms with Gasteiger partial charge in [0.15, 0.2) is 5.78 Å². The maximum atomic E-state index is 12.5. The summed E-state index contributed by atoms with van der Waals surface area (Å²) in [5.74, 6) is 2.35. The van der Waals surface area contributed by atoms with Crippen LogP contribution in [0.4, 0.5) is 0 Å². The van der Waals surface area contributed by atoms with Crippen LogP contribution in [0.5, 0.6) is 0 Å². The highest BCUT2D eigenvalue weighted by molar-refractivity contribution is 7.98. The number of hydrogen-bond donors (Lipinski definition) is 1. The molecule has 0 amide bonds.